The van der Waals surface area contributed by atoms with E-state index in [1.807, 2.05) is 4.90 Å². The summed E-state index contributed by atoms with van der Waals surface area (Å²) in [4.78, 5) is 16.3. The van der Waals surface area contributed by atoms with Crippen molar-refractivity contribution in [1.82, 2.24) is 9.80 Å². The zero-order valence-electron chi connectivity index (χ0n) is 11.9. The number of nitrogens with zero attached hydrogens (tertiary/aromatic N) is 2. The Morgan fingerprint density at radius 2 is 1.95 bits per heavy atom. The second kappa shape index (κ2) is 6.41. The van der Waals surface area contributed by atoms with Crippen LogP contribution >= 0.6 is 0 Å². The van der Waals surface area contributed by atoms with Crippen molar-refractivity contribution in [2.24, 2.45) is 0 Å². The third kappa shape index (κ3) is 3.61. The number of ketones is 1. The van der Waals surface area contributed by atoms with Crippen LogP contribution in [0.5, 0.6) is 0 Å². The molecule has 0 radical (unpaired) electrons. The molecule has 5 heteroatoms. The van der Waals surface area contributed by atoms with Gasteiger partial charge in [0.15, 0.2) is 5.78 Å². The van der Waals surface area contributed by atoms with Crippen LogP contribution in [0.3, 0.4) is 0 Å². The average molecular weight is 282 g/mol. The molecule has 1 aromatic rings. The minimum Gasteiger partial charge on any atom is -0.306 e. The fourth-order valence-electron chi connectivity index (χ4n) is 2.60. The van der Waals surface area contributed by atoms with E-state index in [0.717, 1.165) is 38.1 Å². The van der Waals surface area contributed by atoms with Crippen LogP contribution < -0.4 is 0 Å². The molecular formula is C15H20F2N2O. The summed E-state index contributed by atoms with van der Waals surface area (Å²) in [5, 5.41) is 0. The summed E-state index contributed by atoms with van der Waals surface area (Å²) in [5.74, 6) is -1.73. The molecule has 1 aliphatic rings. The van der Waals surface area contributed by atoms with Gasteiger partial charge < -0.3 is 4.90 Å². The van der Waals surface area contributed by atoms with Gasteiger partial charge in [0.25, 0.3) is 0 Å². The van der Waals surface area contributed by atoms with Crippen molar-refractivity contribution in [1.29, 1.82) is 0 Å². The molecule has 1 aliphatic heterocycles. The van der Waals surface area contributed by atoms with E-state index in [2.05, 4.69) is 19.0 Å². The summed E-state index contributed by atoms with van der Waals surface area (Å²) in [6, 6.07) is 3.64. The molecule has 1 saturated heterocycles. The minimum absolute atomic E-state index is 0.0267. The molecule has 0 spiro atoms. The van der Waals surface area contributed by atoms with Crippen LogP contribution in [0.15, 0.2) is 18.2 Å². The Labute approximate surface area is 118 Å². The normalized spacial score (nSPS) is 17.6. The van der Waals surface area contributed by atoms with Gasteiger partial charge in [-0.25, -0.2) is 8.78 Å². The first-order valence-electron chi connectivity index (χ1n) is 6.84. The summed E-state index contributed by atoms with van der Waals surface area (Å²) in [6.07, 6.45) is 2.01. The summed E-state index contributed by atoms with van der Waals surface area (Å²) in [6.45, 7) is 1.86. The smallest absolute Gasteiger partial charge is 0.179 e. The van der Waals surface area contributed by atoms with E-state index in [0.29, 0.717) is 6.04 Å². The van der Waals surface area contributed by atoms with Crippen LogP contribution in [0.1, 0.15) is 23.2 Å². The fraction of sp³-hybridized carbons (Fsp3) is 0.533. The molecule has 0 N–H and O–H groups in total. The summed E-state index contributed by atoms with van der Waals surface area (Å²) >= 11 is 0. The number of rotatable bonds is 4. The Bertz CT molecular complexity index is 483. The van der Waals surface area contributed by atoms with E-state index in [1.165, 1.54) is 6.07 Å². The lowest BCUT2D eigenvalue weighted by Crippen LogP contribution is -2.43. The highest BCUT2D eigenvalue weighted by Gasteiger charge is 2.23. The topological polar surface area (TPSA) is 23.6 Å². The lowest BCUT2D eigenvalue weighted by molar-refractivity contribution is 0.0870. The van der Waals surface area contributed by atoms with Gasteiger partial charge in [-0.1, -0.05) is 0 Å². The number of hydrogen-bond acceptors (Lipinski definition) is 3. The first-order chi connectivity index (χ1) is 9.47. The number of piperidine rings is 1. The molecule has 1 heterocycles. The number of likely N-dealkylation sites (tertiary alicyclic amines) is 1. The predicted octanol–water partition coefficient (Wildman–Crippen LogP) is 2.17. The van der Waals surface area contributed by atoms with Crippen molar-refractivity contribution in [3.05, 3.63) is 35.4 Å². The zero-order chi connectivity index (χ0) is 14.7. The van der Waals surface area contributed by atoms with Crippen LogP contribution in [0.2, 0.25) is 0 Å². The molecule has 0 saturated carbocycles. The van der Waals surface area contributed by atoms with E-state index in [-0.39, 0.29) is 17.9 Å². The van der Waals surface area contributed by atoms with E-state index in [1.54, 1.807) is 0 Å². The zero-order valence-corrected chi connectivity index (χ0v) is 11.9. The summed E-state index contributed by atoms with van der Waals surface area (Å²) < 4.78 is 26.4. The average Bonchev–Trinajstić information content (AvgIpc) is 2.39. The molecule has 1 aromatic carbocycles. The second-order valence-corrected chi connectivity index (χ2v) is 5.52. The van der Waals surface area contributed by atoms with Gasteiger partial charge in [-0.3, -0.25) is 9.69 Å². The van der Waals surface area contributed by atoms with Gasteiger partial charge in [-0.2, -0.15) is 0 Å². The molecule has 2 rings (SSSR count). The third-order valence-electron chi connectivity index (χ3n) is 3.89. The third-order valence-corrected chi connectivity index (χ3v) is 3.89. The van der Waals surface area contributed by atoms with Crippen molar-refractivity contribution in [2.75, 3.05) is 33.7 Å². The SMILES string of the molecule is CN(C)C1CCN(CC(=O)c2ccc(F)cc2F)CC1. The first-order valence-corrected chi connectivity index (χ1v) is 6.84. The molecule has 1 fully saturated rings. The number of Topliss-reactive ketones (excluding diaryl/α,β-unsaturated/α-hetero) is 1. The highest BCUT2D eigenvalue weighted by Crippen LogP contribution is 2.16. The Hall–Kier alpha value is -1.33. The quantitative estimate of drug-likeness (QED) is 0.791. The maximum Gasteiger partial charge on any atom is 0.179 e. The van der Waals surface area contributed by atoms with E-state index in [4.69, 9.17) is 0 Å². The monoisotopic (exact) mass is 282 g/mol. The Morgan fingerprint density at radius 3 is 2.50 bits per heavy atom. The second-order valence-electron chi connectivity index (χ2n) is 5.52. The molecule has 0 unspecified atom stereocenters. The molecule has 0 amide bonds. The number of carbonyl (C=O) groups is 1. The van der Waals surface area contributed by atoms with Crippen LogP contribution in [0, 0.1) is 11.6 Å². The van der Waals surface area contributed by atoms with Gasteiger partial charge in [-0.15, -0.1) is 0 Å². The number of hydrogen-bond donors (Lipinski definition) is 0. The van der Waals surface area contributed by atoms with Crippen LogP contribution in [-0.4, -0.2) is 55.4 Å². The van der Waals surface area contributed by atoms with Gasteiger partial charge >= 0.3 is 0 Å². The van der Waals surface area contributed by atoms with Gasteiger partial charge in [0.2, 0.25) is 0 Å². The van der Waals surface area contributed by atoms with E-state index >= 15 is 0 Å². The maximum absolute atomic E-state index is 13.5. The van der Waals surface area contributed by atoms with Crippen molar-refractivity contribution < 1.29 is 13.6 Å². The summed E-state index contributed by atoms with van der Waals surface area (Å²) in [5.41, 5.74) is -0.0267. The predicted molar refractivity (Wildman–Crippen MR) is 73.8 cm³/mol. The van der Waals surface area contributed by atoms with Crippen molar-refractivity contribution in [3.8, 4) is 0 Å². The van der Waals surface area contributed by atoms with Crippen molar-refractivity contribution >= 4 is 5.78 Å². The number of carbonyl (C=O) groups excluding carboxylic acids is 1. The van der Waals surface area contributed by atoms with Crippen molar-refractivity contribution in [3.63, 3.8) is 0 Å². The van der Waals surface area contributed by atoms with E-state index in [9.17, 15) is 13.6 Å². The lowest BCUT2D eigenvalue weighted by Gasteiger charge is -2.34. The molecular weight excluding hydrogens is 262 g/mol. The molecule has 3 nitrogen and oxygen atoms in total. The Balaban J connectivity index is 1.92. The van der Waals surface area contributed by atoms with Crippen LogP contribution in [0.25, 0.3) is 0 Å². The maximum atomic E-state index is 13.5. The first kappa shape index (κ1) is 15.1. The van der Waals surface area contributed by atoms with Gasteiger partial charge in [0, 0.05) is 25.2 Å². The van der Waals surface area contributed by atoms with E-state index < -0.39 is 11.6 Å². The summed E-state index contributed by atoms with van der Waals surface area (Å²) in [7, 11) is 4.11. The fourth-order valence-corrected chi connectivity index (χ4v) is 2.60. The molecule has 0 bridgehead atoms. The molecule has 0 atom stereocenters. The molecule has 0 aliphatic carbocycles. The lowest BCUT2D eigenvalue weighted by atomic mass is 10.0. The van der Waals surface area contributed by atoms with Gasteiger partial charge in [0.1, 0.15) is 11.6 Å². The standard InChI is InChI=1S/C15H20F2N2O/c1-18(2)12-5-7-19(8-6-12)10-15(20)13-4-3-11(16)9-14(13)17/h3-4,9,12H,5-8,10H2,1-2H3. The molecule has 110 valence electrons. The largest absolute Gasteiger partial charge is 0.306 e. The molecule has 20 heavy (non-hydrogen) atoms. The van der Waals surface area contributed by atoms with Gasteiger partial charge in [-0.05, 0) is 39.1 Å². The van der Waals surface area contributed by atoms with Crippen molar-refractivity contribution in [2.45, 2.75) is 18.9 Å². The highest BCUT2D eigenvalue weighted by atomic mass is 19.1. The Kier molecular flexibility index (Phi) is 4.83. The Morgan fingerprint density at radius 1 is 1.30 bits per heavy atom. The molecule has 0 aromatic heterocycles. The minimum atomic E-state index is -0.779. The number of halogens is 2. The van der Waals surface area contributed by atoms with Crippen LogP contribution in [-0.2, 0) is 0 Å². The highest BCUT2D eigenvalue weighted by molar-refractivity contribution is 5.97. The van der Waals surface area contributed by atoms with Gasteiger partial charge in [0.05, 0.1) is 12.1 Å². The number of benzene rings is 1. The van der Waals surface area contributed by atoms with Crippen LogP contribution in [0.4, 0.5) is 8.78 Å².